The molecule has 0 saturated heterocycles. The molecule has 1 aromatic rings. The molecule has 0 fully saturated rings. The zero-order valence-electron chi connectivity index (χ0n) is 10.2. The van der Waals surface area contributed by atoms with Crippen LogP contribution in [-0.4, -0.2) is 29.1 Å². The molecule has 0 amide bonds. The molecule has 0 aliphatic rings. The van der Waals surface area contributed by atoms with Crippen molar-refractivity contribution in [3.63, 3.8) is 0 Å². The van der Waals surface area contributed by atoms with Gasteiger partial charge in [0, 0.05) is 6.54 Å². The van der Waals surface area contributed by atoms with Crippen molar-refractivity contribution in [1.82, 2.24) is 4.90 Å². The molecule has 0 spiro atoms. The lowest BCUT2D eigenvalue weighted by molar-refractivity contribution is -0.138. The number of carbonyl (C=O) groups is 1. The highest BCUT2D eigenvalue weighted by Gasteiger charge is 2.10. The summed E-state index contributed by atoms with van der Waals surface area (Å²) in [5.41, 5.74) is 3.45. The molecule has 0 aliphatic carbocycles. The Morgan fingerprint density at radius 3 is 2.76 bits per heavy atom. The van der Waals surface area contributed by atoms with Gasteiger partial charge in [0.2, 0.25) is 0 Å². The van der Waals surface area contributed by atoms with Crippen molar-refractivity contribution in [3.05, 3.63) is 34.9 Å². The topological polar surface area (TPSA) is 40.5 Å². The molecule has 0 saturated carbocycles. The molecule has 0 bridgehead atoms. The fourth-order valence-electron chi connectivity index (χ4n) is 1.70. The molecule has 0 aliphatic heterocycles. The van der Waals surface area contributed by atoms with Gasteiger partial charge in [-0.15, -0.1) is 6.42 Å². The van der Waals surface area contributed by atoms with Gasteiger partial charge in [0.25, 0.3) is 0 Å². The van der Waals surface area contributed by atoms with E-state index in [-0.39, 0.29) is 6.54 Å². The van der Waals surface area contributed by atoms with Crippen LogP contribution in [0.1, 0.15) is 16.7 Å². The molecule has 0 aromatic heterocycles. The lowest BCUT2D eigenvalue weighted by Gasteiger charge is -2.19. The molecule has 1 rings (SSSR count). The third kappa shape index (κ3) is 4.29. The van der Waals surface area contributed by atoms with Crippen LogP contribution in [0.5, 0.6) is 0 Å². The first-order chi connectivity index (χ1) is 8.02. The monoisotopic (exact) mass is 231 g/mol. The van der Waals surface area contributed by atoms with Crippen molar-refractivity contribution in [3.8, 4) is 12.3 Å². The summed E-state index contributed by atoms with van der Waals surface area (Å²) < 4.78 is 0. The molecule has 17 heavy (non-hydrogen) atoms. The number of hydrogen-bond donors (Lipinski definition) is 1. The van der Waals surface area contributed by atoms with Gasteiger partial charge in [0.15, 0.2) is 0 Å². The maximum absolute atomic E-state index is 10.7. The van der Waals surface area contributed by atoms with Crippen LogP contribution in [0.25, 0.3) is 0 Å². The largest absolute Gasteiger partial charge is 0.480 e. The number of benzene rings is 1. The average Bonchev–Trinajstić information content (AvgIpc) is 2.23. The normalized spacial score (nSPS) is 10.2. The minimum Gasteiger partial charge on any atom is -0.480 e. The second kappa shape index (κ2) is 6.07. The minimum absolute atomic E-state index is 0.0302. The van der Waals surface area contributed by atoms with Crippen molar-refractivity contribution in [2.75, 3.05) is 13.1 Å². The quantitative estimate of drug-likeness (QED) is 0.786. The fraction of sp³-hybridized carbons (Fsp3) is 0.357. The first-order valence-corrected chi connectivity index (χ1v) is 5.46. The minimum atomic E-state index is -0.856. The summed E-state index contributed by atoms with van der Waals surface area (Å²) in [5, 5.41) is 8.80. The zero-order chi connectivity index (χ0) is 12.8. The van der Waals surface area contributed by atoms with Gasteiger partial charge < -0.3 is 5.11 Å². The summed E-state index contributed by atoms with van der Waals surface area (Å²) in [5.74, 6) is 1.63. The van der Waals surface area contributed by atoms with Crippen molar-refractivity contribution < 1.29 is 9.90 Å². The number of carboxylic acid groups (broad SMARTS) is 1. The molecule has 0 radical (unpaired) electrons. The van der Waals surface area contributed by atoms with Crippen molar-refractivity contribution >= 4 is 5.97 Å². The third-order valence-electron chi connectivity index (χ3n) is 2.57. The fourth-order valence-corrected chi connectivity index (χ4v) is 1.70. The Bertz CT molecular complexity index is 446. The average molecular weight is 231 g/mol. The molecule has 1 aromatic carbocycles. The van der Waals surface area contributed by atoms with E-state index in [4.69, 9.17) is 11.5 Å². The van der Waals surface area contributed by atoms with Crippen LogP contribution in [0.15, 0.2) is 18.2 Å². The summed E-state index contributed by atoms with van der Waals surface area (Å²) in [4.78, 5) is 12.5. The van der Waals surface area contributed by atoms with Crippen LogP contribution < -0.4 is 0 Å². The highest BCUT2D eigenvalue weighted by atomic mass is 16.4. The summed E-state index contributed by atoms with van der Waals surface area (Å²) in [7, 11) is 0. The number of hydrogen-bond acceptors (Lipinski definition) is 2. The van der Waals surface area contributed by atoms with Crippen LogP contribution in [0.3, 0.4) is 0 Å². The molecule has 90 valence electrons. The molecule has 1 N–H and O–H groups in total. The van der Waals surface area contributed by atoms with Crippen LogP contribution in [0.2, 0.25) is 0 Å². The van der Waals surface area contributed by atoms with Crippen molar-refractivity contribution in [2.45, 2.75) is 20.4 Å². The summed E-state index contributed by atoms with van der Waals surface area (Å²) in [6.07, 6.45) is 5.24. The molecular formula is C14H17NO2. The van der Waals surface area contributed by atoms with E-state index in [1.807, 2.05) is 26.0 Å². The van der Waals surface area contributed by atoms with Gasteiger partial charge in [-0.3, -0.25) is 9.69 Å². The summed E-state index contributed by atoms with van der Waals surface area (Å²) in [6, 6.07) is 6.15. The molecule has 0 heterocycles. The Morgan fingerprint density at radius 1 is 1.47 bits per heavy atom. The van der Waals surface area contributed by atoms with Gasteiger partial charge in [-0.2, -0.15) is 0 Å². The van der Waals surface area contributed by atoms with E-state index in [1.54, 1.807) is 4.90 Å². The Balaban J connectivity index is 2.81. The summed E-state index contributed by atoms with van der Waals surface area (Å²) in [6.45, 7) is 4.93. The number of terminal acetylenes is 1. The molecule has 3 nitrogen and oxygen atoms in total. The lowest BCUT2D eigenvalue weighted by Crippen LogP contribution is -2.30. The van der Waals surface area contributed by atoms with E-state index in [1.165, 1.54) is 5.56 Å². The predicted molar refractivity (Wildman–Crippen MR) is 67.7 cm³/mol. The third-order valence-corrected chi connectivity index (χ3v) is 2.57. The molecule has 3 heteroatoms. The van der Waals surface area contributed by atoms with Crippen molar-refractivity contribution in [1.29, 1.82) is 0 Å². The Labute approximate surface area is 102 Å². The van der Waals surface area contributed by atoms with Crippen LogP contribution in [-0.2, 0) is 11.3 Å². The van der Waals surface area contributed by atoms with E-state index in [2.05, 4.69) is 12.0 Å². The number of carboxylic acids is 1. The van der Waals surface area contributed by atoms with Crippen molar-refractivity contribution in [2.24, 2.45) is 0 Å². The van der Waals surface area contributed by atoms with E-state index in [9.17, 15) is 4.79 Å². The van der Waals surface area contributed by atoms with Crippen LogP contribution in [0, 0.1) is 26.2 Å². The Morgan fingerprint density at radius 2 is 2.18 bits per heavy atom. The van der Waals surface area contributed by atoms with Gasteiger partial charge in [-0.1, -0.05) is 29.7 Å². The lowest BCUT2D eigenvalue weighted by atomic mass is 10.1. The highest BCUT2D eigenvalue weighted by Crippen LogP contribution is 2.13. The molecule has 0 atom stereocenters. The van der Waals surface area contributed by atoms with Crippen LogP contribution in [0.4, 0.5) is 0 Å². The summed E-state index contributed by atoms with van der Waals surface area (Å²) >= 11 is 0. The van der Waals surface area contributed by atoms with Gasteiger partial charge in [0.1, 0.15) is 0 Å². The predicted octanol–water partition coefficient (Wildman–Crippen LogP) is 1.82. The second-order valence-corrected chi connectivity index (χ2v) is 4.17. The molecular weight excluding hydrogens is 214 g/mol. The first-order valence-electron chi connectivity index (χ1n) is 5.46. The Kier molecular flexibility index (Phi) is 4.74. The van der Waals surface area contributed by atoms with E-state index < -0.39 is 5.97 Å². The Hall–Kier alpha value is -1.79. The standard InChI is InChI=1S/C14H17NO2/c1-4-7-15(10-14(16)17)9-13-8-11(2)5-6-12(13)3/h1,5-6,8H,7,9-10H2,2-3H3,(H,16,17). The highest BCUT2D eigenvalue weighted by molar-refractivity contribution is 5.69. The second-order valence-electron chi connectivity index (χ2n) is 4.17. The van der Waals surface area contributed by atoms with Crippen LogP contribution >= 0.6 is 0 Å². The van der Waals surface area contributed by atoms with E-state index >= 15 is 0 Å². The number of aryl methyl sites for hydroxylation is 2. The zero-order valence-corrected chi connectivity index (χ0v) is 10.2. The smallest absolute Gasteiger partial charge is 0.317 e. The maximum atomic E-state index is 10.7. The van der Waals surface area contributed by atoms with Gasteiger partial charge in [-0.05, 0) is 25.0 Å². The first kappa shape index (κ1) is 13.3. The molecule has 0 unspecified atom stereocenters. The number of nitrogens with zero attached hydrogens (tertiary/aromatic N) is 1. The number of rotatable bonds is 5. The van der Waals surface area contributed by atoms with E-state index in [0.717, 1.165) is 11.1 Å². The van der Waals surface area contributed by atoms with Gasteiger partial charge in [-0.25, -0.2) is 0 Å². The number of aliphatic carboxylic acids is 1. The van der Waals surface area contributed by atoms with Gasteiger partial charge in [0.05, 0.1) is 13.1 Å². The maximum Gasteiger partial charge on any atom is 0.317 e. The van der Waals surface area contributed by atoms with E-state index in [0.29, 0.717) is 13.1 Å². The van der Waals surface area contributed by atoms with Gasteiger partial charge >= 0.3 is 5.97 Å². The SMILES string of the molecule is C#CCN(CC(=O)O)Cc1cc(C)ccc1C.